The molecule has 1 heterocycles. The first-order valence-electron chi connectivity index (χ1n) is 9.32. The van der Waals surface area contributed by atoms with Gasteiger partial charge in [0.05, 0.1) is 28.2 Å². The number of nitro benzene ring substituents is 2. The number of benzene rings is 2. The molecule has 0 N–H and O–H groups in total. The smallest absolute Gasteiger partial charge is 0.395 e. The summed E-state index contributed by atoms with van der Waals surface area (Å²) in [5.74, 6) is -0.971. The number of rotatable bonds is 8. The van der Waals surface area contributed by atoms with Gasteiger partial charge >= 0.3 is 6.16 Å². The third-order valence-corrected chi connectivity index (χ3v) is 4.32. The van der Waals surface area contributed by atoms with E-state index in [4.69, 9.17) is 9.47 Å². The number of carbonyl (C=O) groups is 2. The summed E-state index contributed by atoms with van der Waals surface area (Å²) in [5, 5.41) is 26.5. The topological polar surface area (TPSA) is 157 Å². The highest BCUT2D eigenvalue weighted by molar-refractivity contribution is 6.12. The van der Waals surface area contributed by atoms with Gasteiger partial charge in [-0.25, -0.2) is 9.48 Å². The van der Waals surface area contributed by atoms with Crippen molar-refractivity contribution in [2.24, 2.45) is 0 Å². The van der Waals surface area contributed by atoms with Gasteiger partial charge in [0.1, 0.15) is 11.3 Å². The van der Waals surface area contributed by atoms with E-state index in [-0.39, 0.29) is 35.0 Å². The lowest BCUT2D eigenvalue weighted by atomic mass is 10.0. The largest absolute Gasteiger partial charge is 0.520 e. The average Bonchev–Trinajstić information content (AvgIpc) is 3.08. The average molecular weight is 452 g/mol. The molecule has 33 heavy (non-hydrogen) atoms. The summed E-state index contributed by atoms with van der Waals surface area (Å²) in [6.45, 7) is 5.09. The van der Waals surface area contributed by atoms with Crippen LogP contribution in [0.2, 0.25) is 0 Å². The minimum Gasteiger partial charge on any atom is -0.395 e. The van der Waals surface area contributed by atoms with Crippen molar-refractivity contribution in [3.63, 3.8) is 0 Å². The maximum atomic E-state index is 13.2. The number of aryl methyl sites for hydroxylation is 1. The fourth-order valence-electron chi connectivity index (χ4n) is 2.94. The predicted molar refractivity (Wildman–Crippen MR) is 113 cm³/mol. The molecule has 2 aromatic carbocycles. The summed E-state index contributed by atoms with van der Waals surface area (Å²) in [6, 6.07) is 10.5. The predicted octanol–water partition coefficient (Wildman–Crippen LogP) is 4.00. The highest BCUT2D eigenvalue weighted by atomic mass is 16.7. The van der Waals surface area contributed by atoms with Crippen LogP contribution in [0.5, 0.6) is 11.6 Å². The number of nitrogens with zero attached hydrogens (tertiary/aromatic N) is 4. The summed E-state index contributed by atoms with van der Waals surface area (Å²) in [5.41, 5.74) is -1.72. The molecule has 168 valence electrons. The van der Waals surface area contributed by atoms with E-state index in [1.165, 1.54) is 29.8 Å². The molecule has 0 aliphatic carbocycles. The second kappa shape index (κ2) is 9.51. The van der Waals surface area contributed by atoms with Gasteiger partial charge in [0.2, 0.25) is 11.7 Å². The molecule has 0 saturated carbocycles. The number of allylic oxidation sites excluding steroid dienone is 1. The van der Waals surface area contributed by atoms with Crippen LogP contribution < -0.4 is 9.47 Å². The molecular formula is C21H16N4O8. The summed E-state index contributed by atoms with van der Waals surface area (Å²) in [7, 11) is 0. The molecule has 0 amide bonds. The quantitative estimate of drug-likeness (QED) is 0.123. The zero-order chi connectivity index (χ0) is 24.1. The second-order valence-electron chi connectivity index (χ2n) is 6.58. The minimum absolute atomic E-state index is 0.0527. The van der Waals surface area contributed by atoms with E-state index in [0.29, 0.717) is 0 Å². The van der Waals surface area contributed by atoms with Crippen LogP contribution in [-0.2, 0) is 6.54 Å². The van der Waals surface area contributed by atoms with Crippen molar-refractivity contribution in [2.45, 2.75) is 13.5 Å². The van der Waals surface area contributed by atoms with Crippen molar-refractivity contribution in [1.82, 2.24) is 9.78 Å². The Morgan fingerprint density at radius 3 is 2.21 bits per heavy atom. The zero-order valence-electron chi connectivity index (χ0n) is 17.2. The maximum absolute atomic E-state index is 13.2. The van der Waals surface area contributed by atoms with Crippen LogP contribution in [0.4, 0.5) is 16.2 Å². The summed E-state index contributed by atoms with van der Waals surface area (Å²) >= 11 is 0. The molecule has 12 heteroatoms. The van der Waals surface area contributed by atoms with Crippen LogP contribution in [0.15, 0.2) is 61.2 Å². The first kappa shape index (κ1) is 22.8. The number of hydrogen-bond acceptors (Lipinski definition) is 9. The van der Waals surface area contributed by atoms with Crippen molar-refractivity contribution in [3.05, 3.63) is 98.2 Å². The molecule has 0 radical (unpaired) electrons. The maximum Gasteiger partial charge on any atom is 0.520 e. The van der Waals surface area contributed by atoms with Crippen LogP contribution in [0.3, 0.4) is 0 Å². The molecule has 0 aliphatic heterocycles. The van der Waals surface area contributed by atoms with Crippen LogP contribution in [0.1, 0.15) is 21.6 Å². The number of ether oxygens (including phenoxy) is 2. The van der Waals surface area contributed by atoms with Crippen molar-refractivity contribution < 1.29 is 28.9 Å². The normalized spacial score (nSPS) is 10.3. The summed E-state index contributed by atoms with van der Waals surface area (Å²) in [4.78, 5) is 46.2. The van der Waals surface area contributed by atoms with E-state index in [1.807, 2.05) is 0 Å². The zero-order valence-corrected chi connectivity index (χ0v) is 17.2. The van der Waals surface area contributed by atoms with E-state index in [0.717, 1.165) is 18.2 Å². The second-order valence-corrected chi connectivity index (χ2v) is 6.58. The molecule has 0 fully saturated rings. The fourth-order valence-corrected chi connectivity index (χ4v) is 2.94. The van der Waals surface area contributed by atoms with Crippen molar-refractivity contribution in [1.29, 1.82) is 0 Å². The number of aromatic nitrogens is 2. The van der Waals surface area contributed by atoms with Crippen molar-refractivity contribution in [3.8, 4) is 11.6 Å². The molecule has 3 aromatic rings. The van der Waals surface area contributed by atoms with Gasteiger partial charge in [0.25, 0.3) is 11.4 Å². The number of para-hydroxylation sites is 1. The Labute approximate surface area is 186 Å². The van der Waals surface area contributed by atoms with E-state index >= 15 is 0 Å². The minimum atomic E-state index is -1.16. The molecule has 0 saturated heterocycles. The molecule has 12 nitrogen and oxygen atoms in total. The molecule has 0 aliphatic rings. The molecule has 0 bridgehead atoms. The third kappa shape index (κ3) is 5.07. The highest BCUT2D eigenvalue weighted by Gasteiger charge is 2.29. The van der Waals surface area contributed by atoms with Gasteiger partial charge < -0.3 is 9.47 Å². The SMILES string of the molecule is C=CCn1nc(C)c(C(=O)c2cc([N+](=O)[O-])cc([N+](=O)[O-])c2)c1OC(=O)Oc1ccccc1. The monoisotopic (exact) mass is 452 g/mol. The Morgan fingerprint density at radius 1 is 1.06 bits per heavy atom. The number of ketones is 1. The van der Waals surface area contributed by atoms with Crippen molar-refractivity contribution in [2.75, 3.05) is 0 Å². The summed E-state index contributed by atoms with van der Waals surface area (Å²) < 4.78 is 11.5. The number of hydrogen-bond donors (Lipinski definition) is 0. The highest BCUT2D eigenvalue weighted by Crippen LogP contribution is 2.30. The van der Waals surface area contributed by atoms with Crippen LogP contribution >= 0.6 is 0 Å². The number of carbonyl (C=O) groups excluding carboxylic acids is 2. The van der Waals surface area contributed by atoms with Gasteiger partial charge in [-0.3, -0.25) is 25.0 Å². The standard InChI is InChI=1S/C21H16N4O8/c1-3-9-23-20(33-21(27)32-17-7-5-4-6-8-17)18(13(2)22-23)19(26)14-10-15(24(28)29)12-16(11-14)25(30)31/h3-8,10-12H,1,9H2,2H3. The Hall–Kier alpha value is -4.87. The fraction of sp³-hybridized carbons (Fsp3) is 0.0952. The van der Waals surface area contributed by atoms with E-state index in [1.54, 1.807) is 18.2 Å². The first-order chi connectivity index (χ1) is 15.7. The van der Waals surface area contributed by atoms with Crippen LogP contribution in [0, 0.1) is 27.2 Å². The van der Waals surface area contributed by atoms with E-state index in [2.05, 4.69) is 11.7 Å². The lowest BCUT2D eigenvalue weighted by Crippen LogP contribution is -2.18. The Kier molecular flexibility index (Phi) is 6.57. The molecule has 0 unspecified atom stereocenters. The van der Waals surface area contributed by atoms with Crippen molar-refractivity contribution >= 4 is 23.3 Å². The van der Waals surface area contributed by atoms with Gasteiger partial charge in [-0.2, -0.15) is 5.10 Å². The Balaban J connectivity index is 2.05. The van der Waals surface area contributed by atoms with E-state index < -0.39 is 33.2 Å². The number of nitro groups is 2. The molecule has 0 spiro atoms. The molecule has 3 rings (SSSR count). The lowest BCUT2D eigenvalue weighted by molar-refractivity contribution is -0.394. The number of non-ortho nitro benzene ring substituents is 2. The Morgan fingerprint density at radius 2 is 1.67 bits per heavy atom. The van der Waals surface area contributed by atoms with Crippen LogP contribution in [-0.4, -0.2) is 31.6 Å². The third-order valence-electron chi connectivity index (χ3n) is 4.32. The molecule has 1 aromatic heterocycles. The summed E-state index contributed by atoms with van der Waals surface area (Å²) in [6.07, 6.45) is 0.277. The van der Waals surface area contributed by atoms with Crippen LogP contribution in [0.25, 0.3) is 0 Å². The Bertz CT molecular complexity index is 1230. The van der Waals surface area contributed by atoms with Gasteiger partial charge in [-0.15, -0.1) is 6.58 Å². The van der Waals surface area contributed by atoms with Gasteiger partial charge in [0.15, 0.2) is 0 Å². The van der Waals surface area contributed by atoms with Gasteiger partial charge in [-0.1, -0.05) is 24.3 Å². The molecule has 0 atom stereocenters. The van der Waals surface area contributed by atoms with Gasteiger partial charge in [-0.05, 0) is 19.1 Å². The van der Waals surface area contributed by atoms with Gasteiger partial charge in [0, 0.05) is 17.7 Å². The van der Waals surface area contributed by atoms with E-state index in [9.17, 15) is 29.8 Å². The first-order valence-corrected chi connectivity index (χ1v) is 9.32. The molecular weight excluding hydrogens is 436 g/mol. The lowest BCUT2D eigenvalue weighted by Gasteiger charge is -2.09.